The van der Waals surface area contributed by atoms with E-state index in [1.54, 1.807) is 0 Å². The zero-order valence-corrected chi connectivity index (χ0v) is 20.3. The van der Waals surface area contributed by atoms with Gasteiger partial charge in [-0.05, 0) is 123 Å². The highest BCUT2D eigenvalue weighted by Gasteiger charge is 2.58. The van der Waals surface area contributed by atoms with Crippen molar-refractivity contribution in [3.63, 3.8) is 0 Å². The molecule has 0 aromatic carbocycles. The lowest BCUT2D eigenvalue weighted by molar-refractivity contribution is -0.110. The number of aromatic nitrogens is 4. The molecular formula is C26H44N4O. The molecule has 0 bridgehead atoms. The molecule has 0 saturated heterocycles. The smallest absolute Gasteiger partial charge is 0.171 e. The Balaban J connectivity index is 1.28. The van der Waals surface area contributed by atoms with E-state index in [9.17, 15) is 5.11 Å². The SMILES string of the molecule is CCC[C@@]1(O)CC[C@H]2[C@@H](CC[C@@H]3[C@@H]2CC[C@]2(C)[C@@H]([C@H](C)Cn4nnc(C)n4)CC[C@@H]32)C1. The fourth-order valence-corrected chi connectivity index (χ4v) is 9.42. The molecule has 9 atom stereocenters. The first-order valence-corrected chi connectivity index (χ1v) is 13.3. The summed E-state index contributed by atoms with van der Waals surface area (Å²) in [5.41, 5.74) is 0.133. The first-order chi connectivity index (χ1) is 14.8. The molecule has 1 heterocycles. The Kier molecular flexibility index (Phi) is 5.72. The Morgan fingerprint density at radius 1 is 1.06 bits per heavy atom. The van der Waals surface area contributed by atoms with Crippen LogP contribution in [0, 0.1) is 53.8 Å². The number of tetrazole rings is 1. The summed E-state index contributed by atoms with van der Waals surface area (Å²) < 4.78 is 0. The van der Waals surface area contributed by atoms with E-state index in [1.807, 2.05) is 11.7 Å². The monoisotopic (exact) mass is 428 g/mol. The van der Waals surface area contributed by atoms with Gasteiger partial charge in [0.2, 0.25) is 0 Å². The molecule has 0 aliphatic heterocycles. The van der Waals surface area contributed by atoms with Crippen LogP contribution in [0.5, 0.6) is 0 Å². The maximum absolute atomic E-state index is 11.1. The van der Waals surface area contributed by atoms with E-state index in [-0.39, 0.29) is 5.60 Å². The van der Waals surface area contributed by atoms with E-state index in [0.717, 1.165) is 73.6 Å². The Morgan fingerprint density at radius 2 is 1.87 bits per heavy atom. The predicted molar refractivity (Wildman–Crippen MR) is 122 cm³/mol. The molecule has 0 unspecified atom stereocenters. The van der Waals surface area contributed by atoms with Crippen LogP contribution in [0.4, 0.5) is 0 Å². The molecular weight excluding hydrogens is 384 g/mol. The fraction of sp³-hybridized carbons (Fsp3) is 0.962. The van der Waals surface area contributed by atoms with Crippen molar-refractivity contribution < 1.29 is 5.11 Å². The van der Waals surface area contributed by atoms with Crippen molar-refractivity contribution >= 4 is 0 Å². The number of aryl methyl sites for hydroxylation is 1. The average Bonchev–Trinajstić information content (AvgIpc) is 3.29. The van der Waals surface area contributed by atoms with Crippen LogP contribution in [-0.4, -0.2) is 30.9 Å². The topological polar surface area (TPSA) is 63.8 Å². The van der Waals surface area contributed by atoms with E-state index < -0.39 is 0 Å². The molecule has 4 fully saturated rings. The number of nitrogens with zero attached hydrogens (tertiary/aromatic N) is 4. The third-order valence-corrected chi connectivity index (χ3v) is 10.6. The van der Waals surface area contributed by atoms with Crippen molar-refractivity contribution in [2.75, 3.05) is 0 Å². The van der Waals surface area contributed by atoms with E-state index in [0.29, 0.717) is 11.3 Å². The quantitative estimate of drug-likeness (QED) is 0.680. The van der Waals surface area contributed by atoms with Crippen molar-refractivity contribution in [3.8, 4) is 0 Å². The van der Waals surface area contributed by atoms with E-state index in [2.05, 4.69) is 36.2 Å². The fourth-order valence-electron chi connectivity index (χ4n) is 9.42. The van der Waals surface area contributed by atoms with Crippen LogP contribution in [0.25, 0.3) is 0 Å². The number of aliphatic hydroxyl groups is 1. The minimum absolute atomic E-state index is 0.354. The van der Waals surface area contributed by atoms with Gasteiger partial charge in [0.05, 0.1) is 12.1 Å². The summed E-state index contributed by atoms with van der Waals surface area (Å²) in [6.07, 6.45) is 14.0. The number of hydrogen-bond acceptors (Lipinski definition) is 4. The van der Waals surface area contributed by atoms with Crippen molar-refractivity contribution in [2.24, 2.45) is 46.8 Å². The summed E-state index contributed by atoms with van der Waals surface area (Å²) in [4.78, 5) is 1.83. The van der Waals surface area contributed by atoms with Gasteiger partial charge in [0.1, 0.15) is 0 Å². The second kappa shape index (κ2) is 8.11. The average molecular weight is 429 g/mol. The predicted octanol–water partition coefficient (Wildman–Crippen LogP) is 5.42. The standard InChI is InChI=1S/C26H44N4O/c1-5-12-26(31)14-11-20-19(15-26)6-7-22-21(20)10-13-25(4)23(8-9-24(22)25)17(2)16-30-28-18(3)27-29-30/h17,19-24,31H,5-16H2,1-4H3/t17-,19+,20+,21-,22-,23-,24+,25-,26-/m1/s1. The highest BCUT2D eigenvalue weighted by Crippen LogP contribution is 2.65. The molecule has 0 amide bonds. The van der Waals surface area contributed by atoms with Crippen LogP contribution >= 0.6 is 0 Å². The molecule has 0 spiro atoms. The van der Waals surface area contributed by atoms with Gasteiger partial charge in [0, 0.05) is 0 Å². The van der Waals surface area contributed by atoms with E-state index in [4.69, 9.17) is 0 Å². The van der Waals surface area contributed by atoms with Gasteiger partial charge in [0.25, 0.3) is 0 Å². The molecule has 1 aromatic heterocycles. The minimum Gasteiger partial charge on any atom is -0.390 e. The van der Waals surface area contributed by atoms with Gasteiger partial charge in [-0.2, -0.15) is 4.80 Å². The summed E-state index contributed by atoms with van der Waals surface area (Å²) in [6.45, 7) is 10.1. The zero-order chi connectivity index (χ0) is 21.8. The molecule has 5 nitrogen and oxygen atoms in total. The Labute approximate surface area is 188 Å². The summed E-state index contributed by atoms with van der Waals surface area (Å²) >= 11 is 0. The van der Waals surface area contributed by atoms with Crippen LogP contribution in [0.3, 0.4) is 0 Å². The summed E-state index contributed by atoms with van der Waals surface area (Å²) in [5, 5.41) is 23.9. The van der Waals surface area contributed by atoms with E-state index in [1.165, 1.54) is 44.9 Å². The van der Waals surface area contributed by atoms with Gasteiger partial charge >= 0.3 is 0 Å². The highest BCUT2D eigenvalue weighted by atomic mass is 16.3. The lowest BCUT2D eigenvalue weighted by Gasteiger charge is -2.57. The molecule has 0 radical (unpaired) electrons. The molecule has 1 aromatic rings. The molecule has 174 valence electrons. The van der Waals surface area contributed by atoms with E-state index >= 15 is 0 Å². The normalized spacial score (nSPS) is 45.6. The second-order valence-corrected chi connectivity index (χ2v) is 12.2. The molecule has 31 heavy (non-hydrogen) atoms. The summed E-state index contributed by atoms with van der Waals surface area (Å²) in [7, 11) is 0. The zero-order valence-electron chi connectivity index (χ0n) is 20.3. The Hall–Kier alpha value is -0.970. The Morgan fingerprint density at radius 3 is 2.61 bits per heavy atom. The number of hydrogen-bond donors (Lipinski definition) is 1. The van der Waals surface area contributed by atoms with Crippen LogP contribution in [0.1, 0.15) is 97.2 Å². The van der Waals surface area contributed by atoms with Gasteiger partial charge in [-0.15, -0.1) is 10.2 Å². The first kappa shape index (κ1) is 21.9. The first-order valence-electron chi connectivity index (χ1n) is 13.3. The molecule has 4 aliphatic carbocycles. The molecule has 5 rings (SSSR count). The third kappa shape index (κ3) is 3.77. The largest absolute Gasteiger partial charge is 0.390 e. The van der Waals surface area contributed by atoms with Crippen LogP contribution < -0.4 is 0 Å². The van der Waals surface area contributed by atoms with Gasteiger partial charge in [-0.3, -0.25) is 0 Å². The third-order valence-electron chi connectivity index (χ3n) is 10.6. The van der Waals surface area contributed by atoms with Gasteiger partial charge in [-0.25, -0.2) is 0 Å². The lowest BCUT2D eigenvalue weighted by Crippen LogP contribution is -2.51. The maximum atomic E-state index is 11.1. The van der Waals surface area contributed by atoms with Crippen molar-refractivity contribution in [2.45, 2.75) is 110 Å². The molecule has 1 N–H and O–H groups in total. The van der Waals surface area contributed by atoms with Crippen molar-refractivity contribution in [1.29, 1.82) is 0 Å². The lowest BCUT2D eigenvalue weighted by atomic mass is 9.48. The summed E-state index contributed by atoms with van der Waals surface area (Å²) in [6, 6.07) is 0. The van der Waals surface area contributed by atoms with Crippen LogP contribution in [-0.2, 0) is 6.54 Å². The number of fused-ring (bicyclic) bond motifs is 5. The van der Waals surface area contributed by atoms with Crippen LogP contribution in [0.15, 0.2) is 0 Å². The Bertz CT molecular complexity index is 779. The van der Waals surface area contributed by atoms with Gasteiger partial charge in [-0.1, -0.05) is 27.2 Å². The minimum atomic E-state index is -0.354. The van der Waals surface area contributed by atoms with Crippen molar-refractivity contribution in [3.05, 3.63) is 5.82 Å². The van der Waals surface area contributed by atoms with Crippen LogP contribution in [0.2, 0.25) is 0 Å². The molecule has 4 saturated carbocycles. The maximum Gasteiger partial charge on any atom is 0.171 e. The van der Waals surface area contributed by atoms with Gasteiger partial charge < -0.3 is 5.11 Å². The van der Waals surface area contributed by atoms with Gasteiger partial charge in [0.15, 0.2) is 5.82 Å². The molecule has 4 aliphatic rings. The number of rotatable bonds is 5. The highest BCUT2D eigenvalue weighted by molar-refractivity contribution is 5.07. The molecule has 5 heteroatoms. The summed E-state index contributed by atoms with van der Waals surface area (Å²) in [5.74, 6) is 6.60. The van der Waals surface area contributed by atoms with Crippen molar-refractivity contribution in [1.82, 2.24) is 20.2 Å². The second-order valence-electron chi connectivity index (χ2n) is 12.2.